The van der Waals surface area contributed by atoms with Crippen molar-refractivity contribution in [1.29, 1.82) is 0 Å². The number of aromatic nitrogens is 3. The minimum atomic E-state index is 0.219. The molecule has 2 heterocycles. The summed E-state index contributed by atoms with van der Waals surface area (Å²) in [6.45, 7) is 0. The van der Waals surface area contributed by atoms with Crippen molar-refractivity contribution in [2.24, 2.45) is 0 Å². The van der Waals surface area contributed by atoms with Crippen LogP contribution in [0.3, 0.4) is 0 Å². The zero-order valence-corrected chi connectivity index (χ0v) is 12.9. The van der Waals surface area contributed by atoms with Crippen molar-refractivity contribution in [3.63, 3.8) is 0 Å². The number of benzene rings is 2. The third-order valence-corrected chi connectivity index (χ3v) is 3.87. The first-order valence-corrected chi connectivity index (χ1v) is 7.67. The van der Waals surface area contributed by atoms with Crippen LogP contribution in [0, 0.1) is 0 Å². The fourth-order valence-electron chi connectivity index (χ4n) is 2.70. The van der Waals surface area contributed by atoms with Crippen molar-refractivity contribution in [3.05, 3.63) is 85.2 Å². The Balaban J connectivity index is 1.94. The molecule has 0 aliphatic carbocycles. The number of aromatic hydroxyl groups is 1. The summed E-state index contributed by atoms with van der Waals surface area (Å²) in [7, 11) is 0. The van der Waals surface area contributed by atoms with Crippen LogP contribution in [0.4, 0.5) is 0 Å². The molecule has 0 aliphatic heterocycles. The van der Waals surface area contributed by atoms with Gasteiger partial charge >= 0.3 is 0 Å². The molecule has 116 valence electrons. The number of phenolic OH excluding ortho intramolecular Hbond substituents is 1. The molecular formula is C20H15N3O. The molecule has 1 N–H and O–H groups in total. The Kier molecular flexibility index (Phi) is 3.56. The normalized spacial score (nSPS) is 10.7. The van der Waals surface area contributed by atoms with Gasteiger partial charge in [-0.25, -0.2) is 4.68 Å². The van der Waals surface area contributed by atoms with Crippen LogP contribution in [0.5, 0.6) is 5.75 Å². The van der Waals surface area contributed by atoms with Crippen LogP contribution in [-0.4, -0.2) is 19.9 Å². The molecule has 0 spiro atoms. The van der Waals surface area contributed by atoms with Crippen molar-refractivity contribution in [2.45, 2.75) is 0 Å². The van der Waals surface area contributed by atoms with Gasteiger partial charge in [0, 0.05) is 23.5 Å². The second kappa shape index (κ2) is 6.01. The predicted molar refractivity (Wildman–Crippen MR) is 93.9 cm³/mol. The van der Waals surface area contributed by atoms with E-state index < -0.39 is 0 Å². The fourth-order valence-corrected chi connectivity index (χ4v) is 2.70. The average molecular weight is 313 g/mol. The van der Waals surface area contributed by atoms with Crippen molar-refractivity contribution in [2.75, 3.05) is 0 Å². The molecule has 0 atom stereocenters. The lowest BCUT2D eigenvalue weighted by atomic mass is 10.1. The molecule has 0 radical (unpaired) electrons. The molecular weight excluding hydrogens is 298 g/mol. The largest absolute Gasteiger partial charge is 0.507 e. The fraction of sp³-hybridized carbons (Fsp3) is 0. The van der Waals surface area contributed by atoms with Crippen molar-refractivity contribution in [1.82, 2.24) is 14.8 Å². The molecule has 24 heavy (non-hydrogen) atoms. The van der Waals surface area contributed by atoms with Gasteiger partial charge < -0.3 is 5.11 Å². The van der Waals surface area contributed by atoms with Gasteiger partial charge in [0.15, 0.2) is 0 Å². The second-order valence-corrected chi connectivity index (χ2v) is 5.42. The summed E-state index contributed by atoms with van der Waals surface area (Å²) in [5, 5.41) is 14.9. The third-order valence-electron chi connectivity index (χ3n) is 3.87. The van der Waals surface area contributed by atoms with Gasteiger partial charge in [-0.2, -0.15) is 5.10 Å². The number of para-hydroxylation sites is 2. The minimum absolute atomic E-state index is 0.219. The molecule has 0 aliphatic rings. The smallest absolute Gasteiger partial charge is 0.125 e. The summed E-state index contributed by atoms with van der Waals surface area (Å²) in [5.74, 6) is 0.219. The lowest BCUT2D eigenvalue weighted by Gasteiger charge is -2.07. The van der Waals surface area contributed by atoms with E-state index >= 15 is 0 Å². The van der Waals surface area contributed by atoms with E-state index in [2.05, 4.69) is 4.98 Å². The van der Waals surface area contributed by atoms with Crippen LogP contribution in [0.25, 0.3) is 28.2 Å². The molecule has 0 fully saturated rings. The van der Waals surface area contributed by atoms with E-state index in [9.17, 15) is 5.11 Å². The Labute approximate surface area is 139 Å². The van der Waals surface area contributed by atoms with E-state index in [4.69, 9.17) is 5.10 Å². The summed E-state index contributed by atoms with van der Waals surface area (Å²) in [5.41, 5.74) is 4.36. The standard InChI is InChI=1S/C20H15N3O/c24-20-9-5-4-8-17(20)18-14-19(15-10-12-21-13-11-15)23(22-18)16-6-2-1-3-7-16/h1-14,24H. The molecule has 0 saturated carbocycles. The van der Waals surface area contributed by atoms with Gasteiger partial charge in [0.25, 0.3) is 0 Å². The first kappa shape index (κ1) is 14.2. The lowest BCUT2D eigenvalue weighted by molar-refractivity contribution is 0.477. The molecule has 4 nitrogen and oxygen atoms in total. The summed E-state index contributed by atoms with van der Waals surface area (Å²) >= 11 is 0. The molecule has 2 aromatic heterocycles. The van der Waals surface area contributed by atoms with Crippen molar-refractivity contribution < 1.29 is 5.11 Å². The van der Waals surface area contributed by atoms with E-state index in [1.54, 1.807) is 24.5 Å². The Bertz CT molecular complexity index is 906. The maximum atomic E-state index is 10.1. The van der Waals surface area contributed by atoms with Crippen LogP contribution in [-0.2, 0) is 0 Å². The maximum absolute atomic E-state index is 10.1. The zero-order chi connectivity index (χ0) is 16.4. The van der Waals surface area contributed by atoms with Gasteiger partial charge in [-0.3, -0.25) is 4.98 Å². The molecule has 0 unspecified atom stereocenters. The number of rotatable bonds is 3. The van der Waals surface area contributed by atoms with Gasteiger partial charge in [-0.1, -0.05) is 30.3 Å². The molecule has 4 heteroatoms. The SMILES string of the molecule is Oc1ccccc1-c1cc(-c2ccncc2)n(-c2ccccc2)n1. The van der Waals surface area contributed by atoms with Gasteiger partial charge in [0.2, 0.25) is 0 Å². The zero-order valence-electron chi connectivity index (χ0n) is 12.9. The van der Waals surface area contributed by atoms with E-state index in [1.807, 2.05) is 65.3 Å². The summed E-state index contributed by atoms with van der Waals surface area (Å²) in [6, 6.07) is 23.1. The quantitative estimate of drug-likeness (QED) is 0.613. The van der Waals surface area contributed by atoms with Crippen molar-refractivity contribution >= 4 is 0 Å². The highest BCUT2D eigenvalue weighted by Crippen LogP contribution is 2.32. The maximum Gasteiger partial charge on any atom is 0.125 e. The van der Waals surface area contributed by atoms with Gasteiger partial charge in [-0.15, -0.1) is 0 Å². The molecule has 0 bridgehead atoms. The highest BCUT2D eigenvalue weighted by molar-refractivity contribution is 5.73. The average Bonchev–Trinajstić information content (AvgIpc) is 3.09. The number of hydrogen-bond acceptors (Lipinski definition) is 3. The van der Waals surface area contributed by atoms with Crippen LogP contribution < -0.4 is 0 Å². The Morgan fingerprint density at radius 1 is 0.792 bits per heavy atom. The molecule has 0 saturated heterocycles. The van der Waals surface area contributed by atoms with Crippen LogP contribution in [0.1, 0.15) is 0 Å². The number of hydrogen-bond donors (Lipinski definition) is 1. The van der Waals surface area contributed by atoms with E-state index in [0.717, 1.165) is 22.6 Å². The number of phenols is 1. The van der Waals surface area contributed by atoms with Gasteiger partial charge in [0.1, 0.15) is 5.75 Å². The highest BCUT2D eigenvalue weighted by atomic mass is 16.3. The van der Waals surface area contributed by atoms with E-state index in [0.29, 0.717) is 5.56 Å². The molecule has 0 amide bonds. The second-order valence-electron chi connectivity index (χ2n) is 5.42. The molecule has 4 rings (SSSR count). The predicted octanol–water partition coefficient (Wildman–Crippen LogP) is 4.31. The van der Waals surface area contributed by atoms with Gasteiger partial charge in [-0.05, 0) is 42.5 Å². The van der Waals surface area contributed by atoms with E-state index in [1.165, 1.54) is 0 Å². The van der Waals surface area contributed by atoms with Crippen LogP contribution in [0.2, 0.25) is 0 Å². The summed E-state index contributed by atoms with van der Waals surface area (Å²) in [6.07, 6.45) is 3.52. The summed E-state index contributed by atoms with van der Waals surface area (Å²) < 4.78 is 1.89. The van der Waals surface area contributed by atoms with Crippen molar-refractivity contribution in [3.8, 4) is 34.0 Å². The number of pyridine rings is 1. The minimum Gasteiger partial charge on any atom is -0.507 e. The van der Waals surface area contributed by atoms with E-state index in [-0.39, 0.29) is 5.75 Å². The van der Waals surface area contributed by atoms with Crippen LogP contribution in [0.15, 0.2) is 85.2 Å². The number of nitrogens with zero attached hydrogens (tertiary/aromatic N) is 3. The molecule has 2 aromatic carbocycles. The topological polar surface area (TPSA) is 50.9 Å². The first-order chi connectivity index (χ1) is 11.8. The Morgan fingerprint density at radius 3 is 2.25 bits per heavy atom. The third kappa shape index (κ3) is 2.54. The van der Waals surface area contributed by atoms with Gasteiger partial charge in [0.05, 0.1) is 17.1 Å². The first-order valence-electron chi connectivity index (χ1n) is 7.67. The lowest BCUT2D eigenvalue weighted by Crippen LogP contribution is -1.98. The summed E-state index contributed by atoms with van der Waals surface area (Å²) in [4.78, 5) is 4.08. The molecule has 4 aromatic rings. The monoisotopic (exact) mass is 313 g/mol. The van der Waals surface area contributed by atoms with Crippen LogP contribution >= 0.6 is 0 Å². The Morgan fingerprint density at radius 2 is 1.50 bits per heavy atom. The highest BCUT2D eigenvalue weighted by Gasteiger charge is 2.14. The Hall–Kier alpha value is -3.40.